The number of benzene rings is 1. The van der Waals surface area contributed by atoms with Gasteiger partial charge in [0.15, 0.2) is 5.03 Å². The van der Waals surface area contributed by atoms with E-state index in [1.165, 1.54) is 9.87 Å². The molecule has 1 amide bonds. The lowest BCUT2D eigenvalue weighted by molar-refractivity contribution is -0.120. The van der Waals surface area contributed by atoms with Crippen LogP contribution in [0.25, 0.3) is 0 Å². The van der Waals surface area contributed by atoms with Crippen LogP contribution in [0.3, 0.4) is 0 Å². The largest absolute Gasteiger partial charge is 0.334 e. The van der Waals surface area contributed by atoms with Gasteiger partial charge in [0.05, 0.1) is 6.33 Å². The highest BCUT2D eigenvalue weighted by Crippen LogP contribution is 2.25. The van der Waals surface area contributed by atoms with E-state index in [2.05, 4.69) is 10.3 Å². The number of carbonyl (C=O) groups excluding carboxylic acids is 1. The molecule has 0 spiro atoms. The van der Waals surface area contributed by atoms with Crippen molar-refractivity contribution in [3.05, 3.63) is 41.9 Å². The SMILES string of the molecule is Cc1ccc(NC(=O)C2CCN(S(=O)(=O)c3cn(C(C)C)cn3)CC2)cc1C. The van der Waals surface area contributed by atoms with E-state index in [9.17, 15) is 13.2 Å². The number of nitrogens with zero attached hydrogens (tertiary/aromatic N) is 3. The second-order valence-electron chi connectivity index (χ2n) is 7.72. The van der Waals surface area contributed by atoms with Crippen molar-refractivity contribution in [2.45, 2.75) is 51.6 Å². The number of nitrogens with one attached hydrogen (secondary N) is 1. The van der Waals surface area contributed by atoms with Crippen LogP contribution in [0.5, 0.6) is 0 Å². The predicted octanol–water partition coefficient (Wildman–Crippen LogP) is 3.12. The predicted molar refractivity (Wildman–Crippen MR) is 109 cm³/mol. The van der Waals surface area contributed by atoms with E-state index in [0.29, 0.717) is 25.9 Å². The van der Waals surface area contributed by atoms with Gasteiger partial charge in [0.25, 0.3) is 10.0 Å². The summed E-state index contributed by atoms with van der Waals surface area (Å²) >= 11 is 0. The Morgan fingerprint density at radius 1 is 1.18 bits per heavy atom. The van der Waals surface area contributed by atoms with Gasteiger partial charge < -0.3 is 9.88 Å². The lowest BCUT2D eigenvalue weighted by atomic mass is 9.97. The maximum absolute atomic E-state index is 12.8. The van der Waals surface area contributed by atoms with E-state index in [0.717, 1.165) is 11.3 Å². The van der Waals surface area contributed by atoms with E-state index < -0.39 is 10.0 Å². The number of amides is 1. The van der Waals surface area contributed by atoms with Gasteiger partial charge in [0, 0.05) is 36.9 Å². The molecular formula is C20H28N4O3S. The Kier molecular flexibility index (Phi) is 5.90. The summed E-state index contributed by atoms with van der Waals surface area (Å²) < 4.78 is 28.8. The van der Waals surface area contributed by atoms with E-state index in [4.69, 9.17) is 0 Å². The third-order valence-corrected chi connectivity index (χ3v) is 7.16. The van der Waals surface area contributed by atoms with E-state index >= 15 is 0 Å². The lowest BCUT2D eigenvalue weighted by Gasteiger charge is -2.30. The fourth-order valence-corrected chi connectivity index (χ4v) is 4.68. The van der Waals surface area contributed by atoms with Crippen LogP contribution < -0.4 is 5.32 Å². The van der Waals surface area contributed by atoms with Gasteiger partial charge in [0.1, 0.15) is 0 Å². The number of rotatable bonds is 5. The second kappa shape index (κ2) is 8.05. The average Bonchev–Trinajstić information content (AvgIpc) is 3.16. The first kappa shape index (κ1) is 20.5. The van der Waals surface area contributed by atoms with E-state index in [1.54, 1.807) is 17.1 Å². The van der Waals surface area contributed by atoms with Crippen molar-refractivity contribution in [3.63, 3.8) is 0 Å². The summed E-state index contributed by atoms with van der Waals surface area (Å²) in [7, 11) is -3.62. The Balaban J connectivity index is 1.61. The molecule has 0 aliphatic carbocycles. The molecule has 1 aromatic carbocycles. The number of aromatic nitrogens is 2. The minimum Gasteiger partial charge on any atom is -0.334 e. The van der Waals surface area contributed by atoms with Crippen molar-refractivity contribution in [1.29, 1.82) is 0 Å². The zero-order valence-electron chi connectivity index (χ0n) is 16.8. The molecule has 2 aromatic rings. The molecule has 1 N–H and O–H groups in total. The van der Waals surface area contributed by atoms with Gasteiger partial charge in [-0.2, -0.15) is 4.31 Å². The van der Waals surface area contributed by atoms with Crippen molar-refractivity contribution < 1.29 is 13.2 Å². The van der Waals surface area contributed by atoms with Crippen LogP contribution in [0.2, 0.25) is 0 Å². The number of piperidine rings is 1. The van der Waals surface area contributed by atoms with Gasteiger partial charge in [-0.25, -0.2) is 13.4 Å². The fraction of sp³-hybridized carbons (Fsp3) is 0.500. The summed E-state index contributed by atoms with van der Waals surface area (Å²) in [5.41, 5.74) is 3.08. The molecule has 0 saturated carbocycles. The van der Waals surface area contributed by atoms with E-state index in [-0.39, 0.29) is 22.9 Å². The number of imidazole rings is 1. The van der Waals surface area contributed by atoms with Gasteiger partial charge in [-0.15, -0.1) is 0 Å². The van der Waals surface area contributed by atoms with Crippen molar-refractivity contribution in [1.82, 2.24) is 13.9 Å². The van der Waals surface area contributed by atoms with Crippen LogP contribution in [-0.4, -0.2) is 41.3 Å². The first-order valence-electron chi connectivity index (χ1n) is 9.60. The maximum atomic E-state index is 12.8. The molecule has 1 aromatic heterocycles. The highest BCUT2D eigenvalue weighted by molar-refractivity contribution is 7.89. The number of carbonyl (C=O) groups is 1. The standard InChI is InChI=1S/C20H28N4O3S/c1-14(2)23-12-19(21-13-23)28(26,27)24-9-7-17(8-10-24)20(25)22-18-6-5-15(3)16(4)11-18/h5-6,11-14,17H,7-10H2,1-4H3,(H,22,25). The van der Waals surface area contributed by atoms with Crippen LogP contribution in [0.15, 0.2) is 35.7 Å². The first-order valence-corrected chi connectivity index (χ1v) is 11.0. The van der Waals surface area contributed by atoms with Gasteiger partial charge in [-0.3, -0.25) is 4.79 Å². The van der Waals surface area contributed by atoms with Crippen LogP contribution >= 0.6 is 0 Å². The van der Waals surface area contributed by atoms with Gasteiger partial charge in [0.2, 0.25) is 5.91 Å². The summed E-state index contributed by atoms with van der Waals surface area (Å²) in [5.74, 6) is -0.245. The number of hydrogen-bond acceptors (Lipinski definition) is 4. The molecule has 1 aliphatic rings. The Labute approximate surface area is 166 Å². The minimum atomic E-state index is -3.62. The Hall–Kier alpha value is -2.19. The monoisotopic (exact) mass is 404 g/mol. The summed E-state index contributed by atoms with van der Waals surface area (Å²) in [4.78, 5) is 16.6. The highest BCUT2D eigenvalue weighted by Gasteiger charge is 2.33. The molecule has 0 radical (unpaired) electrons. The molecule has 7 nitrogen and oxygen atoms in total. The molecule has 28 heavy (non-hydrogen) atoms. The van der Waals surface area contributed by atoms with Crippen LogP contribution in [0.1, 0.15) is 43.9 Å². The van der Waals surface area contributed by atoms with Gasteiger partial charge >= 0.3 is 0 Å². The van der Waals surface area contributed by atoms with Crippen LogP contribution in [0, 0.1) is 19.8 Å². The smallest absolute Gasteiger partial charge is 0.262 e. The van der Waals surface area contributed by atoms with Gasteiger partial charge in [-0.05, 0) is 63.8 Å². The quantitative estimate of drug-likeness (QED) is 0.830. The molecule has 1 saturated heterocycles. The Morgan fingerprint density at radius 2 is 1.86 bits per heavy atom. The van der Waals surface area contributed by atoms with Crippen molar-refractivity contribution in [2.75, 3.05) is 18.4 Å². The number of aryl methyl sites for hydroxylation is 2. The van der Waals surface area contributed by atoms with Crippen LogP contribution in [-0.2, 0) is 14.8 Å². The summed E-state index contributed by atoms with van der Waals surface area (Å²) in [6.07, 6.45) is 4.11. The van der Waals surface area contributed by atoms with E-state index in [1.807, 2.05) is 45.9 Å². The topological polar surface area (TPSA) is 84.3 Å². The first-order chi connectivity index (χ1) is 13.2. The third kappa shape index (κ3) is 4.28. The molecular weight excluding hydrogens is 376 g/mol. The second-order valence-corrected chi connectivity index (χ2v) is 9.60. The normalized spacial score (nSPS) is 16.5. The van der Waals surface area contributed by atoms with Crippen molar-refractivity contribution in [2.24, 2.45) is 5.92 Å². The Morgan fingerprint density at radius 3 is 2.43 bits per heavy atom. The summed E-state index contributed by atoms with van der Waals surface area (Å²) in [5, 5.41) is 3.03. The molecule has 2 heterocycles. The zero-order valence-corrected chi connectivity index (χ0v) is 17.7. The average molecular weight is 405 g/mol. The minimum absolute atomic E-state index is 0.0515. The molecule has 1 aliphatic heterocycles. The number of anilines is 1. The lowest BCUT2D eigenvalue weighted by Crippen LogP contribution is -2.41. The third-order valence-electron chi connectivity index (χ3n) is 5.38. The molecule has 1 fully saturated rings. The highest BCUT2D eigenvalue weighted by atomic mass is 32.2. The molecule has 152 valence electrons. The number of sulfonamides is 1. The summed E-state index contributed by atoms with van der Waals surface area (Å²) in [6, 6.07) is 5.98. The fourth-order valence-electron chi connectivity index (χ4n) is 3.29. The Bertz CT molecular complexity index is 958. The van der Waals surface area contributed by atoms with Crippen LogP contribution in [0.4, 0.5) is 5.69 Å². The molecule has 8 heteroatoms. The molecule has 0 unspecified atom stereocenters. The van der Waals surface area contributed by atoms with Crippen molar-refractivity contribution in [3.8, 4) is 0 Å². The molecule has 0 bridgehead atoms. The molecule has 0 atom stereocenters. The van der Waals surface area contributed by atoms with Crippen molar-refractivity contribution >= 4 is 21.6 Å². The van der Waals surface area contributed by atoms with Gasteiger partial charge in [-0.1, -0.05) is 6.07 Å². The molecule has 3 rings (SSSR count). The zero-order chi connectivity index (χ0) is 20.5. The number of hydrogen-bond donors (Lipinski definition) is 1. The maximum Gasteiger partial charge on any atom is 0.262 e. The summed E-state index contributed by atoms with van der Waals surface area (Å²) in [6.45, 7) is 8.62.